The first-order valence-corrected chi connectivity index (χ1v) is 12.7. The number of nitrogens with zero attached hydrogens (tertiary/aromatic N) is 2. The van der Waals surface area contributed by atoms with Gasteiger partial charge in [-0.25, -0.2) is 14.6 Å². The first-order valence-electron chi connectivity index (χ1n) is 12.3. The Hall–Kier alpha value is -3.62. The normalized spacial score (nSPS) is 13.8. The lowest BCUT2D eigenvalue weighted by molar-refractivity contribution is -0.139. The van der Waals surface area contributed by atoms with Crippen LogP contribution < -0.4 is 20.7 Å². The molecule has 8 nitrogen and oxygen atoms in total. The van der Waals surface area contributed by atoms with Gasteiger partial charge in [0.15, 0.2) is 0 Å². The molecule has 3 N–H and O–H groups in total. The number of pyridine rings is 1. The molecule has 1 aliphatic heterocycles. The topological polar surface area (TPSA) is 107 Å². The fraction of sp³-hybridized carbons (Fsp3) is 0.321. The van der Waals surface area contributed by atoms with E-state index in [0.29, 0.717) is 18.8 Å². The van der Waals surface area contributed by atoms with E-state index in [4.69, 9.17) is 26.8 Å². The molecule has 0 saturated carbocycles. The van der Waals surface area contributed by atoms with Gasteiger partial charge in [0.05, 0.1) is 17.2 Å². The molecule has 1 fully saturated rings. The number of nitrogens with one attached hydrogen (secondary N) is 1. The maximum absolute atomic E-state index is 12.5. The van der Waals surface area contributed by atoms with Crippen LogP contribution in [0.25, 0.3) is 0 Å². The van der Waals surface area contributed by atoms with E-state index < -0.39 is 18.0 Å². The molecule has 0 bridgehead atoms. The van der Waals surface area contributed by atoms with Crippen molar-refractivity contribution in [3.63, 3.8) is 0 Å². The van der Waals surface area contributed by atoms with Gasteiger partial charge in [-0.3, -0.25) is 0 Å². The van der Waals surface area contributed by atoms with E-state index in [1.807, 2.05) is 55.6 Å². The van der Waals surface area contributed by atoms with Crippen molar-refractivity contribution >= 4 is 35.0 Å². The van der Waals surface area contributed by atoms with E-state index >= 15 is 0 Å². The van der Waals surface area contributed by atoms with Crippen molar-refractivity contribution in [3.8, 4) is 5.75 Å². The first-order chi connectivity index (χ1) is 17.9. The molecular weight excluding hydrogens is 492 g/mol. The quantitative estimate of drug-likeness (QED) is 0.300. The van der Waals surface area contributed by atoms with Crippen molar-refractivity contribution in [1.29, 1.82) is 0 Å². The molecule has 1 aliphatic rings. The van der Waals surface area contributed by atoms with Gasteiger partial charge in [0.2, 0.25) is 0 Å². The molecule has 0 aliphatic carbocycles. The number of ether oxygens (including phenoxy) is 2. The van der Waals surface area contributed by atoms with Crippen LogP contribution in [0.2, 0.25) is 5.02 Å². The summed E-state index contributed by atoms with van der Waals surface area (Å²) < 4.78 is 10.8. The highest BCUT2D eigenvalue weighted by atomic mass is 35.5. The minimum absolute atomic E-state index is 0.138. The molecule has 0 amide bonds. The Morgan fingerprint density at radius 3 is 2.57 bits per heavy atom. The number of aromatic nitrogens is 1. The van der Waals surface area contributed by atoms with E-state index in [2.05, 4.69) is 15.2 Å². The van der Waals surface area contributed by atoms with Crippen molar-refractivity contribution in [2.45, 2.75) is 31.7 Å². The Balaban J connectivity index is 1.25. The Kier molecular flexibility index (Phi) is 8.98. The van der Waals surface area contributed by atoms with Crippen LogP contribution in [-0.2, 0) is 22.4 Å². The molecule has 1 saturated heterocycles. The summed E-state index contributed by atoms with van der Waals surface area (Å²) in [4.78, 5) is 31.7. The third kappa shape index (κ3) is 7.21. The number of nitrogens with two attached hydrogens (primary N) is 1. The van der Waals surface area contributed by atoms with Crippen molar-refractivity contribution < 1.29 is 19.1 Å². The average molecular weight is 523 g/mol. The molecule has 194 valence electrons. The van der Waals surface area contributed by atoms with Crippen molar-refractivity contribution in [1.82, 2.24) is 4.98 Å². The number of carbonyl (C=O) groups excluding carboxylic acids is 2. The van der Waals surface area contributed by atoms with Gasteiger partial charge < -0.3 is 25.4 Å². The summed E-state index contributed by atoms with van der Waals surface area (Å²) in [6.07, 6.45) is 3.16. The first kappa shape index (κ1) is 26.4. The van der Waals surface area contributed by atoms with Crippen molar-refractivity contribution in [3.05, 3.63) is 82.5 Å². The number of benzene rings is 2. The molecule has 9 heteroatoms. The summed E-state index contributed by atoms with van der Waals surface area (Å²) >= 11 is 6.31. The molecule has 0 radical (unpaired) electrons. The number of hydrogen-bond donors (Lipinski definition) is 2. The Bertz CT molecular complexity index is 1230. The lowest BCUT2D eigenvalue weighted by Crippen LogP contribution is -2.35. The lowest BCUT2D eigenvalue weighted by atomic mass is 10.1. The van der Waals surface area contributed by atoms with Gasteiger partial charge in [0, 0.05) is 37.9 Å². The zero-order valence-corrected chi connectivity index (χ0v) is 21.5. The fourth-order valence-corrected chi connectivity index (χ4v) is 4.41. The van der Waals surface area contributed by atoms with Gasteiger partial charge in [0.1, 0.15) is 17.6 Å². The smallest absolute Gasteiger partial charge is 0.347 e. The van der Waals surface area contributed by atoms with E-state index in [0.717, 1.165) is 48.7 Å². The van der Waals surface area contributed by atoms with Crippen LogP contribution in [0, 0.1) is 0 Å². The zero-order chi connectivity index (χ0) is 26.2. The van der Waals surface area contributed by atoms with Crippen LogP contribution in [-0.4, -0.2) is 49.7 Å². The monoisotopic (exact) mass is 522 g/mol. The van der Waals surface area contributed by atoms with Crippen LogP contribution in [0.4, 0.5) is 11.5 Å². The van der Waals surface area contributed by atoms with Gasteiger partial charge in [-0.15, -0.1) is 0 Å². The van der Waals surface area contributed by atoms with Gasteiger partial charge in [-0.1, -0.05) is 29.8 Å². The highest BCUT2D eigenvalue weighted by molar-refractivity contribution is 6.34. The molecule has 3 aromatic rings. The standard InChI is InChI=1S/C28H31ClN4O4/c1-31-26-6-4-5-20(32-26)13-16-36-22-10-7-19(8-11-22)17-25(30)28(35)37-27(34)23-12-9-21(18-24(23)29)33-14-2-3-15-33/h4-12,18,25H,2-3,13-17,30H2,1H3,(H,31,32)/t25-/m0/s1. The summed E-state index contributed by atoms with van der Waals surface area (Å²) in [7, 11) is 1.83. The number of rotatable bonds is 10. The predicted octanol–water partition coefficient (Wildman–Crippen LogP) is 4.25. The van der Waals surface area contributed by atoms with Crippen LogP contribution >= 0.6 is 11.6 Å². The van der Waals surface area contributed by atoms with Gasteiger partial charge in [-0.2, -0.15) is 0 Å². The third-order valence-electron chi connectivity index (χ3n) is 6.21. The number of carbonyl (C=O) groups is 2. The SMILES string of the molecule is CNc1cccc(CCOc2ccc(C[C@H](N)C(=O)OC(=O)c3ccc(N4CCCC4)cc3Cl)cc2)n1. The van der Waals surface area contributed by atoms with Crippen LogP contribution in [0.3, 0.4) is 0 Å². The maximum atomic E-state index is 12.5. The molecule has 1 atom stereocenters. The van der Waals surface area contributed by atoms with Crippen molar-refractivity contribution in [2.24, 2.45) is 5.73 Å². The second-order valence-electron chi connectivity index (χ2n) is 8.88. The molecule has 37 heavy (non-hydrogen) atoms. The van der Waals surface area contributed by atoms with Gasteiger partial charge in [-0.05, 0) is 67.3 Å². The largest absolute Gasteiger partial charge is 0.493 e. The summed E-state index contributed by atoms with van der Waals surface area (Å²) in [6, 6.07) is 17.2. The summed E-state index contributed by atoms with van der Waals surface area (Å²) in [5, 5.41) is 3.26. The predicted molar refractivity (Wildman–Crippen MR) is 144 cm³/mol. The summed E-state index contributed by atoms with van der Waals surface area (Å²) in [6.45, 7) is 2.40. The molecule has 4 rings (SSSR count). The molecule has 1 aromatic heterocycles. The lowest BCUT2D eigenvalue weighted by Gasteiger charge is -2.18. The molecular formula is C28H31ClN4O4. The zero-order valence-electron chi connectivity index (χ0n) is 20.8. The Morgan fingerprint density at radius 2 is 1.86 bits per heavy atom. The minimum Gasteiger partial charge on any atom is -0.493 e. The van der Waals surface area contributed by atoms with E-state index in [9.17, 15) is 9.59 Å². The van der Waals surface area contributed by atoms with E-state index in [1.165, 1.54) is 0 Å². The second-order valence-corrected chi connectivity index (χ2v) is 9.29. The third-order valence-corrected chi connectivity index (χ3v) is 6.52. The molecule has 2 aromatic carbocycles. The van der Waals surface area contributed by atoms with Gasteiger partial charge in [0.25, 0.3) is 0 Å². The van der Waals surface area contributed by atoms with Crippen LogP contribution in [0.5, 0.6) is 5.75 Å². The Morgan fingerprint density at radius 1 is 1.11 bits per heavy atom. The molecule has 0 spiro atoms. The summed E-state index contributed by atoms with van der Waals surface area (Å²) in [5.74, 6) is -0.0953. The number of hydrogen-bond acceptors (Lipinski definition) is 8. The highest BCUT2D eigenvalue weighted by Crippen LogP contribution is 2.27. The second kappa shape index (κ2) is 12.6. The van der Waals surface area contributed by atoms with E-state index in [-0.39, 0.29) is 17.0 Å². The highest BCUT2D eigenvalue weighted by Gasteiger charge is 2.23. The maximum Gasteiger partial charge on any atom is 0.347 e. The minimum atomic E-state index is -0.996. The van der Waals surface area contributed by atoms with E-state index in [1.54, 1.807) is 12.1 Å². The number of esters is 2. The average Bonchev–Trinajstić information content (AvgIpc) is 3.45. The summed E-state index contributed by atoms with van der Waals surface area (Å²) in [5.41, 5.74) is 8.86. The van der Waals surface area contributed by atoms with Crippen LogP contribution in [0.1, 0.15) is 34.5 Å². The molecule has 0 unspecified atom stereocenters. The number of halogens is 1. The van der Waals surface area contributed by atoms with Gasteiger partial charge >= 0.3 is 11.9 Å². The van der Waals surface area contributed by atoms with Crippen molar-refractivity contribution in [2.75, 3.05) is 37.0 Å². The number of anilines is 2. The Labute approximate surface area is 221 Å². The molecule has 2 heterocycles. The fourth-order valence-electron chi connectivity index (χ4n) is 4.15. The van der Waals surface area contributed by atoms with Crippen LogP contribution in [0.15, 0.2) is 60.7 Å².